The Bertz CT molecular complexity index is 103. The minimum absolute atomic E-state index is 0.280. The summed E-state index contributed by atoms with van der Waals surface area (Å²) in [6, 6.07) is 0.280. The number of nitrogens with zero attached hydrogens (tertiary/aromatic N) is 1. The van der Waals surface area contributed by atoms with Gasteiger partial charge in [0.1, 0.15) is 0 Å². The lowest BCUT2D eigenvalue weighted by Gasteiger charge is -2.27. The predicted octanol–water partition coefficient (Wildman–Crippen LogP) is 1.31. The van der Waals surface area contributed by atoms with Crippen molar-refractivity contribution in [2.75, 3.05) is 20.1 Å². The van der Waals surface area contributed by atoms with E-state index in [1.807, 2.05) is 6.92 Å². The lowest BCUT2D eigenvalue weighted by Crippen LogP contribution is -2.37. The molecule has 1 atom stereocenters. The molecule has 0 aromatic carbocycles. The number of likely N-dealkylation sites (N-methyl/N-ethyl adjacent to an activating group) is 1. The van der Waals surface area contributed by atoms with Crippen molar-refractivity contribution < 1.29 is 0 Å². The zero-order valence-corrected chi connectivity index (χ0v) is 8.52. The van der Waals surface area contributed by atoms with Crippen molar-refractivity contribution >= 4 is 0 Å². The molecular weight excluding hydrogens is 136 g/mol. The van der Waals surface area contributed by atoms with Crippen LogP contribution in [0.5, 0.6) is 0 Å². The van der Waals surface area contributed by atoms with Crippen molar-refractivity contribution in [1.29, 1.82) is 0 Å². The first kappa shape index (κ1) is 10.9. The molecule has 0 spiro atoms. The Hall–Kier alpha value is -0.0800. The average Bonchev–Trinajstić information content (AvgIpc) is 1.53. The highest BCUT2D eigenvalue weighted by Crippen LogP contribution is 2.13. The van der Waals surface area contributed by atoms with Gasteiger partial charge in [0.15, 0.2) is 0 Å². The van der Waals surface area contributed by atoms with Crippen LogP contribution in [-0.2, 0) is 0 Å². The van der Waals surface area contributed by atoms with Gasteiger partial charge in [0.25, 0.3) is 0 Å². The third-order valence-electron chi connectivity index (χ3n) is 1.34. The second-order valence-electron chi connectivity index (χ2n) is 4.73. The highest BCUT2D eigenvalue weighted by atomic mass is 15.1. The normalized spacial score (nSPS) is 15.5. The molecule has 2 N–H and O–H groups in total. The molecule has 0 aliphatic rings. The summed E-state index contributed by atoms with van der Waals surface area (Å²) in [5, 5.41) is 0. The molecule has 2 nitrogen and oxygen atoms in total. The largest absolute Gasteiger partial charge is 0.327 e. The zero-order valence-electron chi connectivity index (χ0n) is 8.52. The van der Waals surface area contributed by atoms with Gasteiger partial charge in [-0.2, -0.15) is 0 Å². The van der Waals surface area contributed by atoms with Crippen LogP contribution in [0.15, 0.2) is 0 Å². The SMILES string of the molecule is C[C@@H](N)CN(C)CC(C)(C)C. The van der Waals surface area contributed by atoms with Crippen molar-refractivity contribution in [2.24, 2.45) is 11.1 Å². The molecule has 68 valence electrons. The van der Waals surface area contributed by atoms with Gasteiger partial charge in [0.2, 0.25) is 0 Å². The van der Waals surface area contributed by atoms with Gasteiger partial charge >= 0.3 is 0 Å². The maximum Gasteiger partial charge on any atom is 0.0139 e. The summed E-state index contributed by atoms with van der Waals surface area (Å²) in [5.41, 5.74) is 6.05. The molecule has 0 saturated carbocycles. The molecule has 0 saturated heterocycles. The van der Waals surface area contributed by atoms with Crippen LogP contribution in [0.2, 0.25) is 0 Å². The van der Waals surface area contributed by atoms with Crippen LogP contribution < -0.4 is 5.73 Å². The van der Waals surface area contributed by atoms with Gasteiger partial charge in [-0.3, -0.25) is 0 Å². The highest BCUT2D eigenvalue weighted by Gasteiger charge is 2.13. The molecule has 0 unspecified atom stereocenters. The van der Waals surface area contributed by atoms with E-state index >= 15 is 0 Å². The standard InChI is InChI=1S/C9H22N2/c1-8(10)6-11(5)7-9(2,3)4/h8H,6-7,10H2,1-5H3/t8-/m1/s1. The lowest BCUT2D eigenvalue weighted by molar-refractivity contribution is 0.220. The summed E-state index contributed by atoms with van der Waals surface area (Å²) < 4.78 is 0. The molecule has 0 heterocycles. The summed E-state index contributed by atoms with van der Waals surface area (Å²) >= 11 is 0. The van der Waals surface area contributed by atoms with E-state index in [4.69, 9.17) is 5.73 Å². The minimum Gasteiger partial charge on any atom is -0.327 e. The second kappa shape index (κ2) is 4.07. The van der Waals surface area contributed by atoms with E-state index in [1.165, 1.54) is 0 Å². The maximum atomic E-state index is 5.67. The van der Waals surface area contributed by atoms with Crippen LogP contribution >= 0.6 is 0 Å². The third kappa shape index (κ3) is 7.82. The van der Waals surface area contributed by atoms with Crippen molar-refractivity contribution in [3.05, 3.63) is 0 Å². The van der Waals surface area contributed by atoms with Crippen molar-refractivity contribution in [3.8, 4) is 0 Å². The summed E-state index contributed by atoms with van der Waals surface area (Å²) in [6.07, 6.45) is 0. The van der Waals surface area contributed by atoms with E-state index in [-0.39, 0.29) is 6.04 Å². The molecule has 0 rings (SSSR count). The Morgan fingerprint density at radius 3 is 2.09 bits per heavy atom. The fourth-order valence-electron chi connectivity index (χ4n) is 1.37. The summed E-state index contributed by atoms with van der Waals surface area (Å²) in [5.74, 6) is 0. The Balaban J connectivity index is 3.61. The second-order valence-corrected chi connectivity index (χ2v) is 4.73. The molecule has 0 aliphatic heterocycles. The number of rotatable bonds is 3. The van der Waals surface area contributed by atoms with E-state index < -0.39 is 0 Å². The van der Waals surface area contributed by atoms with Gasteiger partial charge in [-0.1, -0.05) is 20.8 Å². The molecule has 0 aliphatic carbocycles. The molecule has 0 aromatic rings. The van der Waals surface area contributed by atoms with Crippen LogP contribution in [0, 0.1) is 5.41 Å². The molecule has 0 aromatic heterocycles. The van der Waals surface area contributed by atoms with Crippen LogP contribution in [0.4, 0.5) is 0 Å². The van der Waals surface area contributed by atoms with Gasteiger partial charge < -0.3 is 10.6 Å². The molecule has 0 amide bonds. The average molecular weight is 158 g/mol. The van der Waals surface area contributed by atoms with E-state index in [0.717, 1.165) is 13.1 Å². The van der Waals surface area contributed by atoms with Gasteiger partial charge in [-0.15, -0.1) is 0 Å². The smallest absolute Gasteiger partial charge is 0.0139 e. The predicted molar refractivity (Wildman–Crippen MR) is 50.6 cm³/mol. The van der Waals surface area contributed by atoms with Crippen molar-refractivity contribution in [3.63, 3.8) is 0 Å². The van der Waals surface area contributed by atoms with Gasteiger partial charge in [-0.05, 0) is 19.4 Å². The first-order chi connectivity index (χ1) is 4.81. The Kier molecular flexibility index (Phi) is 4.04. The topological polar surface area (TPSA) is 29.3 Å². The van der Waals surface area contributed by atoms with Crippen LogP contribution in [0.25, 0.3) is 0 Å². The highest BCUT2D eigenvalue weighted by molar-refractivity contribution is 4.68. The van der Waals surface area contributed by atoms with E-state index in [2.05, 4.69) is 32.7 Å². The third-order valence-corrected chi connectivity index (χ3v) is 1.34. The summed E-state index contributed by atoms with van der Waals surface area (Å²) in [6.45, 7) is 10.9. The maximum absolute atomic E-state index is 5.67. The summed E-state index contributed by atoms with van der Waals surface area (Å²) in [7, 11) is 2.12. The number of hydrogen-bond acceptors (Lipinski definition) is 2. The van der Waals surface area contributed by atoms with Gasteiger partial charge in [0, 0.05) is 19.1 Å². The van der Waals surface area contributed by atoms with Gasteiger partial charge in [-0.25, -0.2) is 0 Å². The minimum atomic E-state index is 0.280. The molecule has 0 fully saturated rings. The number of hydrogen-bond donors (Lipinski definition) is 1. The quantitative estimate of drug-likeness (QED) is 0.671. The van der Waals surface area contributed by atoms with Crippen LogP contribution in [-0.4, -0.2) is 31.1 Å². The summed E-state index contributed by atoms with van der Waals surface area (Å²) in [4.78, 5) is 2.28. The van der Waals surface area contributed by atoms with Crippen LogP contribution in [0.1, 0.15) is 27.7 Å². The molecule has 2 heteroatoms. The van der Waals surface area contributed by atoms with Crippen molar-refractivity contribution in [2.45, 2.75) is 33.7 Å². The first-order valence-electron chi connectivity index (χ1n) is 4.25. The van der Waals surface area contributed by atoms with E-state index in [1.54, 1.807) is 0 Å². The first-order valence-corrected chi connectivity index (χ1v) is 4.25. The Morgan fingerprint density at radius 1 is 1.36 bits per heavy atom. The fourth-order valence-corrected chi connectivity index (χ4v) is 1.37. The zero-order chi connectivity index (χ0) is 9.07. The Morgan fingerprint density at radius 2 is 1.82 bits per heavy atom. The lowest BCUT2D eigenvalue weighted by atomic mass is 9.96. The van der Waals surface area contributed by atoms with E-state index in [9.17, 15) is 0 Å². The van der Waals surface area contributed by atoms with Gasteiger partial charge in [0.05, 0.1) is 0 Å². The monoisotopic (exact) mass is 158 g/mol. The number of nitrogens with two attached hydrogens (primary N) is 1. The van der Waals surface area contributed by atoms with E-state index in [0.29, 0.717) is 5.41 Å². The van der Waals surface area contributed by atoms with Crippen molar-refractivity contribution in [1.82, 2.24) is 4.90 Å². The fraction of sp³-hybridized carbons (Fsp3) is 1.00. The molecule has 11 heavy (non-hydrogen) atoms. The Labute approximate surface area is 70.8 Å². The molecule has 0 radical (unpaired) electrons. The molecular formula is C9H22N2. The van der Waals surface area contributed by atoms with Crippen LogP contribution in [0.3, 0.4) is 0 Å². The molecule has 0 bridgehead atoms.